The van der Waals surface area contributed by atoms with Crippen LogP contribution in [-0.4, -0.2) is 37.4 Å². The molecule has 0 radical (unpaired) electrons. The topological polar surface area (TPSA) is 102 Å². The van der Waals surface area contributed by atoms with Crippen LogP contribution in [0.4, 0.5) is 4.79 Å². The van der Waals surface area contributed by atoms with Crippen LogP contribution in [0.5, 0.6) is 0 Å². The smallest absolute Gasteiger partial charge is 0.321 e. The lowest BCUT2D eigenvalue weighted by atomic mass is 10.2. The Bertz CT molecular complexity index is 960. The zero-order valence-electron chi connectivity index (χ0n) is 15.5. The molecule has 3 amide bonds. The van der Waals surface area contributed by atoms with Gasteiger partial charge in [-0.2, -0.15) is 4.68 Å². The van der Waals surface area contributed by atoms with Crippen LogP contribution in [0.3, 0.4) is 0 Å². The van der Waals surface area contributed by atoms with Crippen molar-refractivity contribution in [2.75, 3.05) is 0 Å². The van der Waals surface area contributed by atoms with Crippen molar-refractivity contribution < 1.29 is 9.59 Å². The summed E-state index contributed by atoms with van der Waals surface area (Å²) < 4.78 is 1.58. The largest absolute Gasteiger partial charge is 0.334 e. The maximum Gasteiger partial charge on any atom is 0.321 e. The number of tetrazole rings is 1. The van der Waals surface area contributed by atoms with Gasteiger partial charge in [0.25, 0.3) is 0 Å². The van der Waals surface area contributed by atoms with E-state index >= 15 is 0 Å². The summed E-state index contributed by atoms with van der Waals surface area (Å²) in [4.78, 5) is 24.3. The predicted octanol–water partition coefficient (Wildman–Crippen LogP) is 2.48. The van der Waals surface area contributed by atoms with Crippen molar-refractivity contribution in [3.63, 3.8) is 0 Å². The third-order valence-electron chi connectivity index (χ3n) is 3.97. The van der Waals surface area contributed by atoms with Gasteiger partial charge >= 0.3 is 6.03 Å². The lowest BCUT2D eigenvalue weighted by Crippen LogP contribution is -2.42. The average molecular weight is 396 g/mol. The van der Waals surface area contributed by atoms with Crippen molar-refractivity contribution in [2.45, 2.75) is 30.8 Å². The molecule has 0 saturated heterocycles. The minimum atomic E-state index is -0.559. The molecule has 1 atom stereocenters. The number of benzene rings is 2. The summed E-state index contributed by atoms with van der Waals surface area (Å²) >= 11 is 1.18. The molecule has 1 heterocycles. The fraction of sp³-hybridized carbons (Fsp3) is 0.211. The summed E-state index contributed by atoms with van der Waals surface area (Å²) in [6.07, 6.45) is 0. The number of amides is 3. The Morgan fingerprint density at radius 1 is 1.11 bits per heavy atom. The molecule has 9 heteroatoms. The van der Waals surface area contributed by atoms with E-state index in [1.165, 1.54) is 11.8 Å². The highest BCUT2D eigenvalue weighted by atomic mass is 32.2. The van der Waals surface area contributed by atoms with Gasteiger partial charge in [-0.1, -0.05) is 60.3 Å². The van der Waals surface area contributed by atoms with E-state index in [1.807, 2.05) is 61.5 Å². The van der Waals surface area contributed by atoms with Gasteiger partial charge in [0.1, 0.15) is 0 Å². The highest BCUT2D eigenvalue weighted by Gasteiger charge is 2.21. The number of aromatic nitrogens is 4. The number of hydrogen-bond donors (Lipinski definition) is 2. The lowest BCUT2D eigenvalue weighted by Gasteiger charge is -2.12. The molecule has 0 spiro atoms. The Balaban J connectivity index is 1.57. The summed E-state index contributed by atoms with van der Waals surface area (Å²) in [5.41, 5.74) is 2.79. The molecule has 0 fully saturated rings. The Morgan fingerprint density at radius 2 is 1.82 bits per heavy atom. The van der Waals surface area contributed by atoms with Gasteiger partial charge < -0.3 is 5.32 Å². The first kappa shape index (κ1) is 19.6. The summed E-state index contributed by atoms with van der Waals surface area (Å²) in [7, 11) is 0. The van der Waals surface area contributed by atoms with Gasteiger partial charge in [0.05, 0.1) is 10.9 Å². The average Bonchev–Trinajstić information content (AvgIpc) is 3.15. The molecule has 1 aromatic heterocycles. The zero-order valence-corrected chi connectivity index (χ0v) is 16.3. The highest BCUT2D eigenvalue weighted by molar-refractivity contribution is 8.00. The van der Waals surface area contributed by atoms with Crippen molar-refractivity contribution in [1.82, 2.24) is 30.8 Å². The number of hydrogen-bond acceptors (Lipinski definition) is 6. The van der Waals surface area contributed by atoms with Crippen LogP contribution >= 0.6 is 11.8 Å². The van der Waals surface area contributed by atoms with Gasteiger partial charge in [-0.05, 0) is 41.5 Å². The molecule has 2 aromatic carbocycles. The first-order chi connectivity index (χ1) is 13.5. The van der Waals surface area contributed by atoms with Crippen LogP contribution in [0.25, 0.3) is 5.69 Å². The maximum atomic E-state index is 12.3. The zero-order chi connectivity index (χ0) is 19.9. The molecule has 3 aromatic rings. The van der Waals surface area contributed by atoms with Crippen molar-refractivity contribution in [2.24, 2.45) is 0 Å². The van der Waals surface area contributed by atoms with Crippen LogP contribution in [0, 0.1) is 6.92 Å². The van der Waals surface area contributed by atoms with Gasteiger partial charge in [-0.25, -0.2) is 4.79 Å². The standard InChI is InChI=1S/C19H20N6O2S/c1-13-8-6-7-11-16(13)25-19(22-23-24-25)28-14(2)17(26)21-18(27)20-12-15-9-4-3-5-10-15/h3-11,14H,12H2,1-2H3,(H2,20,21,26,27)/t14-/m0/s1. The monoisotopic (exact) mass is 396 g/mol. The molecule has 0 saturated carbocycles. The molecule has 3 rings (SSSR count). The molecule has 0 aliphatic rings. The van der Waals surface area contributed by atoms with E-state index < -0.39 is 17.2 Å². The number of thioether (sulfide) groups is 1. The predicted molar refractivity (Wildman–Crippen MR) is 106 cm³/mol. The summed E-state index contributed by atoms with van der Waals surface area (Å²) in [6.45, 7) is 3.99. The molecular formula is C19H20N6O2S. The van der Waals surface area contributed by atoms with Crippen LogP contribution in [0.1, 0.15) is 18.1 Å². The number of aryl methyl sites for hydroxylation is 1. The number of carbonyl (C=O) groups is 2. The number of nitrogens with one attached hydrogen (secondary N) is 2. The number of para-hydroxylation sites is 1. The van der Waals surface area contributed by atoms with Crippen LogP contribution in [-0.2, 0) is 11.3 Å². The van der Waals surface area contributed by atoms with Crippen LogP contribution in [0.15, 0.2) is 59.8 Å². The van der Waals surface area contributed by atoms with E-state index in [1.54, 1.807) is 11.6 Å². The summed E-state index contributed by atoms with van der Waals surface area (Å²) in [5, 5.41) is 16.6. The van der Waals surface area contributed by atoms with Crippen molar-refractivity contribution in [3.8, 4) is 5.69 Å². The van der Waals surface area contributed by atoms with Gasteiger partial charge in [0.2, 0.25) is 11.1 Å². The Morgan fingerprint density at radius 3 is 2.57 bits per heavy atom. The first-order valence-corrected chi connectivity index (χ1v) is 9.56. The third-order valence-corrected chi connectivity index (χ3v) is 5.00. The second-order valence-electron chi connectivity index (χ2n) is 6.08. The molecule has 144 valence electrons. The normalized spacial score (nSPS) is 11.6. The molecule has 8 nitrogen and oxygen atoms in total. The minimum absolute atomic E-state index is 0.340. The van der Waals surface area contributed by atoms with Crippen LogP contribution in [0.2, 0.25) is 0 Å². The van der Waals surface area contributed by atoms with Crippen molar-refractivity contribution in [1.29, 1.82) is 0 Å². The maximum absolute atomic E-state index is 12.3. The SMILES string of the molecule is Cc1ccccc1-n1nnnc1S[C@@H](C)C(=O)NC(=O)NCc1ccccc1. The van der Waals surface area contributed by atoms with Crippen molar-refractivity contribution in [3.05, 3.63) is 65.7 Å². The molecule has 28 heavy (non-hydrogen) atoms. The molecular weight excluding hydrogens is 376 g/mol. The molecule has 0 aliphatic carbocycles. The fourth-order valence-electron chi connectivity index (χ4n) is 2.45. The Kier molecular flexibility index (Phi) is 6.38. The van der Waals surface area contributed by atoms with E-state index in [9.17, 15) is 9.59 Å². The lowest BCUT2D eigenvalue weighted by molar-refractivity contribution is -0.119. The number of nitrogens with zero attached hydrogens (tertiary/aromatic N) is 4. The fourth-order valence-corrected chi connectivity index (χ4v) is 3.25. The van der Waals surface area contributed by atoms with Crippen molar-refractivity contribution >= 4 is 23.7 Å². The number of imide groups is 1. The number of rotatable bonds is 6. The van der Waals surface area contributed by atoms with E-state index in [4.69, 9.17) is 0 Å². The summed E-state index contributed by atoms with van der Waals surface area (Å²) in [6, 6.07) is 16.6. The Hall–Kier alpha value is -3.20. The van der Waals surface area contributed by atoms with E-state index in [0.29, 0.717) is 11.7 Å². The third kappa shape index (κ3) is 4.95. The second kappa shape index (κ2) is 9.14. The van der Waals surface area contributed by atoms with Gasteiger partial charge in [-0.3, -0.25) is 10.1 Å². The van der Waals surface area contributed by atoms with E-state index in [0.717, 1.165) is 16.8 Å². The van der Waals surface area contributed by atoms with Crippen LogP contribution < -0.4 is 10.6 Å². The molecule has 0 unspecified atom stereocenters. The second-order valence-corrected chi connectivity index (χ2v) is 7.39. The molecule has 0 aliphatic heterocycles. The summed E-state index contributed by atoms with van der Waals surface area (Å²) in [5.74, 6) is -0.421. The number of carbonyl (C=O) groups excluding carboxylic acids is 2. The van der Waals surface area contributed by atoms with E-state index in [-0.39, 0.29) is 0 Å². The highest BCUT2D eigenvalue weighted by Crippen LogP contribution is 2.24. The Labute approximate surface area is 166 Å². The molecule has 0 bridgehead atoms. The van der Waals surface area contributed by atoms with E-state index in [2.05, 4.69) is 26.2 Å². The van der Waals surface area contributed by atoms with Gasteiger partial charge in [0.15, 0.2) is 0 Å². The number of urea groups is 1. The minimum Gasteiger partial charge on any atom is -0.334 e. The van der Waals surface area contributed by atoms with Gasteiger partial charge in [-0.15, -0.1) is 5.10 Å². The first-order valence-electron chi connectivity index (χ1n) is 8.68. The quantitative estimate of drug-likeness (QED) is 0.621. The van der Waals surface area contributed by atoms with Gasteiger partial charge in [0, 0.05) is 6.54 Å². The molecule has 2 N–H and O–H groups in total.